The highest BCUT2D eigenvalue weighted by molar-refractivity contribution is 6.30. The van der Waals surface area contributed by atoms with Gasteiger partial charge in [-0.2, -0.15) is 5.10 Å². The zero-order chi connectivity index (χ0) is 12.5. The van der Waals surface area contributed by atoms with Gasteiger partial charge in [-0.15, -0.1) is 0 Å². The van der Waals surface area contributed by atoms with Crippen LogP contribution in [0, 0.1) is 0 Å². The Bertz CT molecular complexity index is 502. The Morgan fingerprint density at radius 3 is 2.53 bits per heavy atom. The van der Waals surface area contributed by atoms with Gasteiger partial charge in [-0.3, -0.25) is 4.68 Å². The van der Waals surface area contributed by atoms with E-state index in [1.165, 1.54) is 0 Å². The van der Waals surface area contributed by atoms with Crippen molar-refractivity contribution in [3.63, 3.8) is 0 Å². The Morgan fingerprint density at radius 2 is 1.94 bits per heavy atom. The van der Waals surface area contributed by atoms with Gasteiger partial charge >= 0.3 is 0 Å². The van der Waals surface area contributed by atoms with Gasteiger partial charge in [-0.1, -0.05) is 23.7 Å². The molecule has 0 radical (unpaired) electrons. The minimum atomic E-state index is -1.06. The lowest BCUT2D eigenvalue weighted by molar-refractivity contribution is 0.0918. The second-order valence-corrected chi connectivity index (χ2v) is 4.55. The number of nitrogens with zero attached hydrogens (tertiary/aromatic N) is 2. The Morgan fingerprint density at radius 1 is 1.29 bits per heavy atom. The predicted octanol–water partition coefficient (Wildman–Crippen LogP) is 2.81. The fraction of sp³-hybridized carbons (Fsp3) is 0.308. The van der Waals surface area contributed by atoms with Crippen LogP contribution in [0.25, 0.3) is 0 Å². The van der Waals surface area contributed by atoms with Crippen LogP contribution in [0.15, 0.2) is 36.5 Å². The van der Waals surface area contributed by atoms with Crippen molar-refractivity contribution in [3.05, 3.63) is 52.8 Å². The van der Waals surface area contributed by atoms with Gasteiger partial charge in [0.1, 0.15) is 5.60 Å². The molecule has 1 unspecified atom stereocenters. The van der Waals surface area contributed by atoms with Crippen molar-refractivity contribution in [2.24, 2.45) is 0 Å². The normalized spacial score (nSPS) is 14.6. The monoisotopic (exact) mass is 250 g/mol. The molecule has 1 heterocycles. The Balaban J connectivity index is 2.45. The number of aryl methyl sites for hydroxylation is 1. The highest BCUT2D eigenvalue weighted by Crippen LogP contribution is 2.29. The van der Waals surface area contributed by atoms with Crippen molar-refractivity contribution >= 4 is 11.6 Å². The molecule has 17 heavy (non-hydrogen) atoms. The molecule has 4 heteroatoms. The highest BCUT2D eigenvalue weighted by atomic mass is 35.5. The zero-order valence-corrected chi connectivity index (χ0v) is 10.6. The number of halogens is 1. The summed E-state index contributed by atoms with van der Waals surface area (Å²) >= 11 is 5.85. The summed E-state index contributed by atoms with van der Waals surface area (Å²) in [6.07, 6.45) is 1.70. The summed E-state index contributed by atoms with van der Waals surface area (Å²) in [5.41, 5.74) is 0.524. The van der Waals surface area contributed by atoms with Gasteiger partial charge in [0.25, 0.3) is 0 Å². The molecule has 0 saturated carbocycles. The van der Waals surface area contributed by atoms with E-state index in [1.54, 1.807) is 29.9 Å². The minimum absolute atomic E-state index is 0.661. The molecule has 1 aromatic carbocycles. The van der Waals surface area contributed by atoms with Crippen LogP contribution in [0.3, 0.4) is 0 Å². The van der Waals surface area contributed by atoms with E-state index in [-0.39, 0.29) is 0 Å². The number of aromatic nitrogens is 2. The first-order chi connectivity index (χ1) is 8.05. The summed E-state index contributed by atoms with van der Waals surface area (Å²) in [5.74, 6) is 0. The summed E-state index contributed by atoms with van der Waals surface area (Å²) in [7, 11) is 0. The maximum Gasteiger partial charge on any atom is 0.128 e. The van der Waals surface area contributed by atoms with Crippen LogP contribution in [-0.4, -0.2) is 14.9 Å². The van der Waals surface area contributed by atoms with Gasteiger partial charge < -0.3 is 5.11 Å². The number of rotatable bonds is 3. The molecule has 1 atom stereocenters. The molecule has 0 aliphatic heterocycles. The third-order valence-corrected chi connectivity index (χ3v) is 3.17. The van der Waals surface area contributed by atoms with E-state index in [0.29, 0.717) is 5.02 Å². The molecule has 0 saturated heterocycles. The molecule has 0 spiro atoms. The third-order valence-electron chi connectivity index (χ3n) is 2.92. The second-order valence-electron chi connectivity index (χ2n) is 4.11. The molecule has 2 rings (SSSR count). The highest BCUT2D eigenvalue weighted by Gasteiger charge is 2.28. The molecule has 0 fully saturated rings. The van der Waals surface area contributed by atoms with Crippen molar-refractivity contribution in [2.75, 3.05) is 0 Å². The van der Waals surface area contributed by atoms with Crippen LogP contribution in [0.1, 0.15) is 25.1 Å². The fourth-order valence-corrected chi connectivity index (χ4v) is 2.05. The quantitative estimate of drug-likeness (QED) is 0.910. The molecular weight excluding hydrogens is 236 g/mol. The van der Waals surface area contributed by atoms with Crippen molar-refractivity contribution in [2.45, 2.75) is 26.0 Å². The lowest BCUT2D eigenvalue weighted by Gasteiger charge is -2.24. The molecule has 0 amide bonds. The number of hydrogen-bond acceptors (Lipinski definition) is 2. The molecule has 0 aliphatic rings. The van der Waals surface area contributed by atoms with Gasteiger partial charge in [0.15, 0.2) is 0 Å². The van der Waals surface area contributed by atoms with Crippen LogP contribution >= 0.6 is 11.6 Å². The van der Waals surface area contributed by atoms with Crippen LogP contribution in [0.4, 0.5) is 0 Å². The molecule has 1 N–H and O–H groups in total. The van der Waals surface area contributed by atoms with Crippen molar-refractivity contribution < 1.29 is 5.11 Å². The van der Waals surface area contributed by atoms with E-state index in [9.17, 15) is 5.11 Å². The molecule has 3 nitrogen and oxygen atoms in total. The summed E-state index contributed by atoms with van der Waals surface area (Å²) < 4.78 is 1.79. The largest absolute Gasteiger partial charge is 0.379 e. The molecular formula is C13H15ClN2O. The van der Waals surface area contributed by atoms with Crippen molar-refractivity contribution in [1.82, 2.24) is 9.78 Å². The van der Waals surface area contributed by atoms with Gasteiger partial charge in [0.2, 0.25) is 0 Å². The third kappa shape index (κ3) is 2.21. The maximum absolute atomic E-state index is 10.6. The maximum atomic E-state index is 10.6. The first kappa shape index (κ1) is 12.1. The molecule has 0 aliphatic carbocycles. The SMILES string of the molecule is CCn1nccc1C(C)(O)c1ccc(Cl)cc1. The zero-order valence-electron chi connectivity index (χ0n) is 9.89. The standard InChI is InChI=1S/C13H15ClN2O/c1-3-16-12(8-9-15-16)13(2,17)10-4-6-11(14)7-5-10/h4-9,17H,3H2,1-2H3. The van der Waals surface area contributed by atoms with Gasteiger partial charge in [-0.25, -0.2) is 0 Å². The van der Waals surface area contributed by atoms with Gasteiger partial charge in [0.05, 0.1) is 5.69 Å². The van der Waals surface area contributed by atoms with Crippen LogP contribution in [0.2, 0.25) is 5.02 Å². The Labute approximate surface area is 106 Å². The minimum Gasteiger partial charge on any atom is -0.379 e. The molecule has 90 valence electrons. The van der Waals surface area contributed by atoms with E-state index in [1.807, 2.05) is 25.1 Å². The second kappa shape index (κ2) is 4.51. The average molecular weight is 251 g/mol. The lowest BCUT2D eigenvalue weighted by atomic mass is 9.92. The Kier molecular flexibility index (Phi) is 3.22. The molecule has 1 aromatic heterocycles. The predicted molar refractivity (Wildman–Crippen MR) is 68.0 cm³/mol. The van der Waals surface area contributed by atoms with Crippen LogP contribution in [-0.2, 0) is 12.1 Å². The average Bonchev–Trinajstić information content (AvgIpc) is 2.78. The number of aliphatic hydroxyl groups is 1. The van der Waals surface area contributed by atoms with Gasteiger partial charge in [0, 0.05) is 17.8 Å². The van der Waals surface area contributed by atoms with Crippen molar-refractivity contribution in [1.29, 1.82) is 0 Å². The number of benzene rings is 1. The first-order valence-corrected chi connectivity index (χ1v) is 5.94. The van der Waals surface area contributed by atoms with Gasteiger partial charge in [-0.05, 0) is 37.6 Å². The van der Waals surface area contributed by atoms with Crippen LogP contribution < -0.4 is 0 Å². The molecule has 0 bridgehead atoms. The smallest absolute Gasteiger partial charge is 0.128 e. The summed E-state index contributed by atoms with van der Waals surface area (Å²) in [5, 5.41) is 15.5. The van der Waals surface area contributed by atoms with E-state index in [4.69, 9.17) is 11.6 Å². The summed E-state index contributed by atoms with van der Waals surface area (Å²) in [6, 6.07) is 9.04. The topological polar surface area (TPSA) is 38.0 Å². The first-order valence-electron chi connectivity index (χ1n) is 5.56. The fourth-order valence-electron chi connectivity index (χ4n) is 1.92. The van der Waals surface area contributed by atoms with E-state index >= 15 is 0 Å². The number of hydrogen-bond donors (Lipinski definition) is 1. The van der Waals surface area contributed by atoms with E-state index in [2.05, 4.69) is 5.10 Å². The van der Waals surface area contributed by atoms with E-state index < -0.39 is 5.60 Å². The van der Waals surface area contributed by atoms with Crippen LogP contribution in [0.5, 0.6) is 0 Å². The van der Waals surface area contributed by atoms with Crippen molar-refractivity contribution in [3.8, 4) is 0 Å². The Hall–Kier alpha value is -1.32. The lowest BCUT2D eigenvalue weighted by Crippen LogP contribution is -2.26. The molecule has 2 aromatic rings. The van der Waals surface area contributed by atoms with E-state index in [0.717, 1.165) is 17.8 Å². The summed E-state index contributed by atoms with van der Waals surface area (Å²) in [4.78, 5) is 0. The summed E-state index contributed by atoms with van der Waals surface area (Å²) in [6.45, 7) is 4.49.